The Kier molecular flexibility index (Phi) is 4.15. The molecule has 3 nitrogen and oxygen atoms in total. The van der Waals surface area contributed by atoms with E-state index in [0.717, 1.165) is 30.8 Å². The smallest absolute Gasteiger partial charge is 0.113 e. The monoisotopic (exact) mass is 243 g/mol. The molecule has 0 saturated heterocycles. The molecule has 0 saturated carbocycles. The van der Waals surface area contributed by atoms with Crippen molar-refractivity contribution in [3.63, 3.8) is 0 Å². The predicted octanol–water partition coefficient (Wildman–Crippen LogP) is 2.07. The molecule has 1 aromatic carbocycles. The fourth-order valence-electron chi connectivity index (χ4n) is 2.08. The molecule has 2 rings (SSSR count). The zero-order valence-corrected chi connectivity index (χ0v) is 11.2. The van der Waals surface area contributed by atoms with E-state index >= 15 is 0 Å². The van der Waals surface area contributed by atoms with E-state index < -0.39 is 0 Å². The predicted molar refractivity (Wildman–Crippen MR) is 74.6 cm³/mol. The molecule has 1 heterocycles. The number of hydrogen-bond acceptors (Lipinski definition) is 2. The number of aryl methyl sites for hydroxylation is 2. The van der Waals surface area contributed by atoms with Gasteiger partial charge in [0.25, 0.3) is 0 Å². The lowest BCUT2D eigenvalue weighted by Crippen LogP contribution is -2.02. The second kappa shape index (κ2) is 5.83. The normalized spacial score (nSPS) is 10.8. The summed E-state index contributed by atoms with van der Waals surface area (Å²) in [6.45, 7) is 2.83. The van der Waals surface area contributed by atoms with Gasteiger partial charge in [-0.1, -0.05) is 31.2 Å². The minimum absolute atomic E-state index is 0.654. The van der Waals surface area contributed by atoms with E-state index in [9.17, 15) is 0 Å². The standard InChI is InChI=1S/C15H21N3/c1-3-12-4-6-13(7-5-12)10-15-17-14(8-9-16)11-18(15)2/h4-7,11H,3,8-10,16H2,1-2H3. The van der Waals surface area contributed by atoms with Crippen molar-refractivity contribution in [3.8, 4) is 0 Å². The van der Waals surface area contributed by atoms with Crippen molar-refractivity contribution >= 4 is 0 Å². The summed E-state index contributed by atoms with van der Waals surface area (Å²) >= 11 is 0. The first-order valence-electron chi connectivity index (χ1n) is 6.52. The van der Waals surface area contributed by atoms with Crippen molar-refractivity contribution in [1.82, 2.24) is 9.55 Å². The highest BCUT2D eigenvalue weighted by atomic mass is 15.0. The summed E-state index contributed by atoms with van der Waals surface area (Å²) in [5.74, 6) is 1.10. The first-order valence-corrected chi connectivity index (χ1v) is 6.52. The second-order valence-corrected chi connectivity index (χ2v) is 4.64. The van der Waals surface area contributed by atoms with Crippen molar-refractivity contribution in [1.29, 1.82) is 0 Å². The lowest BCUT2D eigenvalue weighted by molar-refractivity contribution is 0.821. The molecule has 0 radical (unpaired) electrons. The molecule has 0 aliphatic carbocycles. The Morgan fingerprint density at radius 2 is 1.83 bits per heavy atom. The first kappa shape index (κ1) is 12.8. The van der Waals surface area contributed by atoms with Gasteiger partial charge in [-0.2, -0.15) is 0 Å². The SMILES string of the molecule is CCc1ccc(Cc2nc(CCN)cn2C)cc1. The van der Waals surface area contributed by atoms with Gasteiger partial charge in [-0.05, 0) is 24.1 Å². The fraction of sp³-hybridized carbons (Fsp3) is 0.400. The Morgan fingerprint density at radius 1 is 1.17 bits per heavy atom. The molecule has 2 aromatic rings. The van der Waals surface area contributed by atoms with Crippen LogP contribution in [0.15, 0.2) is 30.5 Å². The van der Waals surface area contributed by atoms with E-state index in [-0.39, 0.29) is 0 Å². The average Bonchev–Trinajstić information content (AvgIpc) is 2.71. The minimum atomic E-state index is 0.654. The van der Waals surface area contributed by atoms with Crippen molar-refractivity contribution in [2.24, 2.45) is 12.8 Å². The van der Waals surface area contributed by atoms with Crippen LogP contribution in [0.4, 0.5) is 0 Å². The van der Waals surface area contributed by atoms with Crippen LogP contribution >= 0.6 is 0 Å². The maximum atomic E-state index is 5.56. The zero-order chi connectivity index (χ0) is 13.0. The van der Waals surface area contributed by atoms with E-state index in [0.29, 0.717) is 6.54 Å². The number of nitrogens with zero attached hydrogens (tertiary/aromatic N) is 2. The molecule has 0 unspecified atom stereocenters. The summed E-state index contributed by atoms with van der Waals surface area (Å²) in [6.07, 6.45) is 4.89. The van der Waals surface area contributed by atoms with Crippen LogP contribution in [0.1, 0.15) is 29.6 Å². The summed E-state index contributed by atoms with van der Waals surface area (Å²) < 4.78 is 2.10. The second-order valence-electron chi connectivity index (χ2n) is 4.64. The van der Waals surface area contributed by atoms with Crippen LogP contribution in [0.3, 0.4) is 0 Å². The molecule has 96 valence electrons. The number of imidazole rings is 1. The maximum Gasteiger partial charge on any atom is 0.113 e. The lowest BCUT2D eigenvalue weighted by atomic mass is 10.1. The van der Waals surface area contributed by atoms with Gasteiger partial charge in [0, 0.05) is 26.1 Å². The number of benzene rings is 1. The molecule has 0 aliphatic heterocycles. The Labute approximate surface area is 109 Å². The third-order valence-electron chi connectivity index (χ3n) is 3.22. The number of rotatable bonds is 5. The molecule has 1 aromatic heterocycles. The van der Waals surface area contributed by atoms with Gasteiger partial charge in [0.2, 0.25) is 0 Å². The molecule has 0 amide bonds. The highest BCUT2D eigenvalue weighted by Gasteiger charge is 2.05. The van der Waals surface area contributed by atoms with Crippen molar-refractivity contribution < 1.29 is 0 Å². The van der Waals surface area contributed by atoms with Gasteiger partial charge in [0.05, 0.1) is 5.69 Å². The third kappa shape index (κ3) is 2.99. The largest absolute Gasteiger partial charge is 0.337 e. The van der Waals surface area contributed by atoms with E-state index in [4.69, 9.17) is 5.73 Å². The van der Waals surface area contributed by atoms with Crippen LogP contribution in [0.25, 0.3) is 0 Å². The van der Waals surface area contributed by atoms with Crippen LogP contribution in [0, 0.1) is 0 Å². The molecular weight excluding hydrogens is 222 g/mol. The van der Waals surface area contributed by atoms with E-state index in [1.54, 1.807) is 0 Å². The van der Waals surface area contributed by atoms with Crippen LogP contribution < -0.4 is 5.73 Å². The summed E-state index contributed by atoms with van der Waals surface area (Å²) in [5, 5.41) is 0. The Balaban J connectivity index is 2.12. The Hall–Kier alpha value is -1.61. The van der Waals surface area contributed by atoms with Crippen LogP contribution in [0.2, 0.25) is 0 Å². The molecule has 3 heteroatoms. The summed E-state index contributed by atoms with van der Waals surface area (Å²) in [5.41, 5.74) is 9.32. The highest BCUT2D eigenvalue weighted by molar-refractivity contribution is 5.25. The van der Waals surface area contributed by atoms with Crippen LogP contribution in [-0.4, -0.2) is 16.1 Å². The minimum Gasteiger partial charge on any atom is -0.337 e. The lowest BCUT2D eigenvalue weighted by Gasteiger charge is -2.03. The molecule has 0 spiro atoms. The summed E-state index contributed by atoms with van der Waals surface area (Å²) in [4.78, 5) is 4.62. The van der Waals surface area contributed by atoms with E-state index in [1.807, 2.05) is 7.05 Å². The number of hydrogen-bond donors (Lipinski definition) is 1. The van der Waals surface area contributed by atoms with Crippen molar-refractivity contribution in [2.75, 3.05) is 6.54 Å². The molecule has 18 heavy (non-hydrogen) atoms. The van der Waals surface area contributed by atoms with Gasteiger partial charge >= 0.3 is 0 Å². The molecule has 0 aliphatic rings. The number of nitrogens with two attached hydrogens (primary N) is 1. The average molecular weight is 243 g/mol. The number of aromatic nitrogens is 2. The molecule has 0 fully saturated rings. The molecule has 2 N–H and O–H groups in total. The third-order valence-corrected chi connectivity index (χ3v) is 3.22. The fourth-order valence-corrected chi connectivity index (χ4v) is 2.08. The highest BCUT2D eigenvalue weighted by Crippen LogP contribution is 2.11. The van der Waals surface area contributed by atoms with Gasteiger partial charge < -0.3 is 10.3 Å². The van der Waals surface area contributed by atoms with Gasteiger partial charge in [-0.25, -0.2) is 4.98 Å². The Morgan fingerprint density at radius 3 is 2.44 bits per heavy atom. The van der Waals surface area contributed by atoms with Gasteiger partial charge in [0.1, 0.15) is 5.82 Å². The molecular formula is C15H21N3. The van der Waals surface area contributed by atoms with E-state index in [2.05, 4.69) is 46.9 Å². The summed E-state index contributed by atoms with van der Waals surface area (Å²) in [6, 6.07) is 8.77. The quantitative estimate of drug-likeness (QED) is 0.873. The zero-order valence-electron chi connectivity index (χ0n) is 11.2. The van der Waals surface area contributed by atoms with E-state index in [1.165, 1.54) is 11.1 Å². The summed E-state index contributed by atoms with van der Waals surface area (Å²) in [7, 11) is 2.04. The van der Waals surface area contributed by atoms with Crippen LogP contribution in [-0.2, 0) is 26.3 Å². The van der Waals surface area contributed by atoms with Gasteiger partial charge in [-0.3, -0.25) is 0 Å². The van der Waals surface area contributed by atoms with Crippen molar-refractivity contribution in [2.45, 2.75) is 26.2 Å². The maximum absolute atomic E-state index is 5.56. The van der Waals surface area contributed by atoms with Gasteiger partial charge in [-0.15, -0.1) is 0 Å². The van der Waals surface area contributed by atoms with Crippen LogP contribution in [0.5, 0.6) is 0 Å². The topological polar surface area (TPSA) is 43.8 Å². The van der Waals surface area contributed by atoms with Gasteiger partial charge in [0.15, 0.2) is 0 Å². The first-order chi connectivity index (χ1) is 8.72. The molecule has 0 bridgehead atoms. The van der Waals surface area contributed by atoms with Crippen molar-refractivity contribution in [3.05, 3.63) is 53.1 Å². The Bertz CT molecular complexity index is 497. The molecule has 0 atom stereocenters.